The monoisotopic (exact) mass is 371 g/mol. The Morgan fingerprint density at radius 1 is 1.20 bits per heavy atom. The van der Waals surface area contributed by atoms with Crippen molar-refractivity contribution < 1.29 is 5.11 Å². The van der Waals surface area contributed by atoms with Crippen LogP contribution in [0, 0.1) is 0 Å². The first-order chi connectivity index (χ1) is 4.55. The first-order valence-corrected chi connectivity index (χ1v) is 9.33. The molecule has 0 bridgehead atoms. The lowest BCUT2D eigenvalue weighted by molar-refractivity contribution is 0.101. The Hall–Kier alpha value is 1.38. The summed E-state index contributed by atoms with van der Waals surface area (Å²) in [6.45, 7) is 3.79. The molecule has 0 fully saturated rings. The number of nitrogens with zero attached hydrogens (tertiary/aromatic N) is 1. The summed E-state index contributed by atoms with van der Waals surface area (Å²) in [7, 11) is 3.91. The van der Waals surface area contributed by atoms with Crippen LogP contribution in [0.1, 0.15) is 13.8 Å². The zero-order valence-corrected chi connectivity index (χ0v) is 11.1. The number of rotatable bonds is 2. The summed E-state index contributed by atoms with van der Waals surface area (Å²) in [6, 6.07) is 0.259. The van der Waals surface area contributed by atoms with Gasteiger partial charge in [0, 0.05) is 43.3 Å². The van der Waals surface area contributed by atoms with Gasteiger partial charge in [-0.25, -0.2) is 0 Å². The molecule has 0 aliphatic rings. The Labute approximate surface area is 86.7 Å². The van der Waals surface area contributed by atoms with E-state index in [9.17, 15) is 0 Å². The number of hydrogen-bond donors (Lipinski definition) is 1. The molecule has 64 valence electrons. The summed E-state index contributed by atoms with van der Waals surface area (Å²) in [5, 5.41) is 8.95. The molecule has 0 heterocycles. The summed E-state index contributed by atoms with van der Waals surface area (Å²) in [5.74, 6) is 0. The highest BCUT2D eigenvalue weighted by Gasteiger charge is 2.08. The number of aliphatic hydroxyl groups is 1. The summed E-state index contributed by atoms with van der Waals surface area (Å²) >= 11 is 4.24. The van der Waals surface area contributed by atoms with Gasteiger partial charge in [-0.1, -0.05) is 0 Å². The molecule has 0 amide bonds. The predicted octanol–water partition coefficient (Wildman–Crippen LogP) is 2.09. The second kappa shape index (κ2) is 8.48. The molecule has 10 heavy (non-hydrogen) atoms. The molecule has 0 aliphatic heterocycles. The van der Waals surface area contributed by atoms with Gasteiger partial charge < -0.3 is 10.0 Å². The van der Waals surface area contributed by atoms with Crippen molar-refractivity contribution in [1.82, 2.24) is 4.90 Å². The van der Waals surface area contributed by atoms with Crippen molar-refractivity contribution in [3.8, 4) is 0 Å². The molecule has 0 aromatic heterocycles. The van der Waals surface area contributed by atoms with E-state index < -0.39 is 0 Å². The third-order valence-corrected chi connectivity index (χ3v) is 1.51. The van der Waals surface area contributed by atoms with Gasteiger partial charge in [0.1, 0.15) is 0 Å². The molecule has 0 rings (SSSR count). The molecule has 2 nitrogen and oxygen atoms in total. The fourth-order valence-electron chi connectivity index (χ4n) is 0.431. The molecule has 0 aromatic carbocycles. The van der Waals surface area contributed by atoms with Crippen LogP contribution in [0.5, 0.6) is 0 Å². The van der Waals surface area contributed by atoms with E-state index in [1.165, 1.54) is 0 Å². The predicted molar refractivity (Wildman–Crippen MR) is 62.9 cm³/mol. The number of halogens is 2. The summed E-state index contributed by atoms with van der Waals surface area (Å²) in [5.41, 5.74) is 0. The normalized spacial score (nSPS) is 15.6. The molecule has 2 unspecified atom stereocenters. The van der Waals surface area contributed by atoms with Crippen molar-refractivity contribution in [1.29, 1.82) is 0 Å². The van der Waals surface area contributed by atoms with Gasteiger partial charge in [0.2, 0.25) is 0 Å². The SMILES string of the molecule is CC(O)C(C)N(C)C.II. The van der Waals surface area contributed by atoms with Crippen LogP contribution in [0.15, 0.2) is 0 Å². The summed E-state index contributed by atoms with van der Waals surface area (Å²) in [6.07, 6.45) is -0.231. The molecular formula is C6H15I2NO. The number of likely N-dealkylation sites (N-methyl/N-ethyl adjacent to an activating group) is 1. The van der Waals surface area contributed by atoms with E-state index in [1.807, 2.05) is 25.9 Å². The first-order valence-electron chi connectivity index (χ1n) is 3.04. The van der Waals surface area contributed by atoms with Gasteiger partial charge in [-0.15, -0.1) is 0 Å². The molecule has 2 atom stereocenters. The summed E-state index contributed by atoms with van der Waals surface area (Å²) in [4.78, 5) is 1.99. The van der Waals surface area contributed by atoms with E-state index in [-0.39, 0.29) is 12.1 Å². The van der Waals surface area contributed by atoms with Gasteiger partial charge >= 0.3 is 0 Å². The van der Waals surface area contributed by atoms with E-state index in [2.05, 4.69) is 37.2 Å². The first kappa shape index (κ1) is 13.9. The average Bonchev–Trinajstić information content (AvgIpc) is 1.90. The van der Waals surface area contributed by atoms with Gasteiger partial charge in [-0.05, 0) is 27.9 Å². The van der Waals surface area contributed by atoms with Crippen LogP contribution in [0.25, 0.3) is 0 Å². The van der Waals surface area contributed by atoms with E-state index in [1.54, 1.807) is 6.92 Å². The van der Waals surface area contributed by atoms with Gasteiger partial charge in [0.25, 0.3) is 0 Å². The third kappa shape index (κ3) is 7.49. The third-order valence-electron chi connectivity index (χ3n) is 1.51. The number of aliphatic hydroxyl groups excluding tert-OH is 1. The summed E-state index contributed by atoms with van der Waals surface area (Å²) < 4.78 is 0. The van der Waals surface area contributed by atoms with Crippen molar-refractivity contribution in [2.24, 2.45) is 0 Å². The zero-order valence-electron chi connectivity index (χ0n) is 6.81. The van der Waals surface area contributed by atoms with Gasteiger partial charge in [-0.2, -0.15) is 0 Å². The molecule has 1 N–H and O–H groups in total. The van der Waals surface area contributed by atoms with Crippen molar-refractivity contribution in [3.63, 3.8) is 0 Å². The molecule has 0 aliphatic carbocycles. The molecule has 0 aromatic rings. The van der Waals surface area contributed by atoms with Crippen LogP contribution in [-0.2, 0) is 0 Å². The quantitative estimate of drug-likeness (QED) is 0.752. The van der Waals surface area contributed by atoms with E-state index >= 15 is 0 Å². The second-order valence-corrected chi connectivity index (χ2v) is 2.44. The van der Waals surface area contributed by atoms with E-state index in [4.69, 9.17) is 5.11 Å². The molecule has 0 saturated carbocycles. The maximum absolute atomic E-state index is 8.95. The minimum Gasteiger partial charge on any atom is -0.392 e. The van der Waals surface area contributed by atoms with E-state index in [0.29, 0.717) is 0 Å². The fraction of sp³-hybridized carbons (Fsp3) is 1.00. The van der Waals surface area contributed by atoms with Crippen molar-refractivity contribution in [2.45, 2.75) is 26.0 Å². The van der Waals surface area contributed by atoms with Gasteiger partial charge in [0.15, 0.2) is 0 Å². The van der Waals surface area contributed by atoms with Crippen LogP contribution < -0.4 is 0 Å². The Bertz CT molecular complexity index is 60.8. The molecule has 0 radical (unpaired) electrons. The van der Waals surface area contributed by atoms with Crippen molar-refractivity contribution >= 4 is 37.2 Å². The molecular weight excluding hydrogens is 356 g/mol. The lowest BCUT2D eigenvalue weighted by atomic mass is 10.2. The molecule has 0 saturated heterocycles. The maximum atomic E-state index is 8.95. The van der Waals surface area contributed by atoms with Gasteiger partial charge in [-0.3, -0.25) is 0 Å². The topological polar surface area (TPSA) is 23.5 Å². The smallest absolute Gasteiger partial charge is 0.0664 e. The standard InChI is InChI=1S/C6H15NO.I2/c1-5(6(2)8)7(3)4;1-2/h5-6,8H,1-4H3;. The van der Waals surface area contributed by atoms with Crippen LogP contribution in [-0.4, -0.2) is 36.2 Å². The van der Waals surface area contributed by atoms with Crippen LogP contribution in [0.4, 0.5) is 0 Å². The zero-order chi connectivity index (χ0) is 8.73. The minimum absolute atomic E-state index is 0.231. The van der Waals surface area contributed by atoms with Crippen LogP contribution in [0.2, 0.25) is 0 Å². The Morgan fingerprint density at radius 3 is 1.50 bits per heavy atom. The lowest BCUT2D eigenvalue weighted by Gasteiger charge is -2.21. The number of hydrogen-bond acceptors (Lipinski definition) is 2. The Kier molecular flexibility index (Phi) is 11.8. The molecule has 4 heteroatoms. The Balaban J connectivity index is 0. The fourth-order valence-corrected chi connectivity index (χ4v) is 0.431. The highest BCUT2D eigenvalue weighted by molar-refractivity contribution is 15.0. The van der Waals surface area contributed by atoms with Crippen molar-refractivity contribution in [2.75, 3.05) is 14.1 Å². The Morgan fingerprint density at radius 2 is 1.50 bits per heavy atom. The van der Waals surface area contributed by atoms with Crippen LogP contribution >= 0.6 is 37.2 Å². The maximum Gasteiger partial charge on any atom is 0.0664 e. The van der Waals surface area contributed by atoms with E-state index in [0.717, 1.165) is 0 Å². The lowest BCUT2D eigenvalue weighted by Crippen LogP contribution is -2.34. The highest BCUT2D eigenvalue weighted by Crippen LogP contribution is 1.96. The second-order valence-electron chi connectivity index (χ2n) is 2.44. The molecule has 0 spiro atoms. The minimum atomic E-state index is -0.231. The highest BCUT2D eigenvalue weighted by atomic mass is 128. The average molecular weight is 371 g/mol. The largest absolute Gasteiger partial charge is 0.392 e. The van der Waals surface area contributed by atoms with Gasteiger partial charge in [0.05, 0.1) is 6.10 Å². The van der Waals surface area contributed by atoms with Crippen LogP contribution in [0.3, 0.4) is 0 Å². The van der Waals surface area contributed by atoms with Crippen molar-refractivity contribution in [3.05, 3.63) is 0 Å².